The lowest BCUT2D eigenvalue weighted by atomic mass is 10.2. The molecule has 0 bridgehead atoms. The average Bonchev–Trinajstić information content (AvgIpc) is 2.02. The van der Waals surface area contributed by atoms with E-state index in [9.17, 15) is 14.9 Å². The zero-order valence-corrected chi connectivity index (χ0v) is 9.07. The highest BCUT2D eigenvalue weighted by molar-refractivity contribution is 14.1. The molecule has 0 amide bonds. The summed E-state index contributed by atoms with van der Waals surface area (Å²) in [6.45, 7) is 0. The largest absolute Gasteiger partial charge is 0.282 e. The normalized spacial score (nSPS) is 9.69. The van der Waals surface area contributed by atoms with E-state index in [0.29, 0.717) is 3.57 Å². The van der Waals surface area contributed by atoms with Crippen LogP contribution in [0.2, 0.25) is 0 Å². The quantitative estimate of drug-likeness (QED) is 0.365. The van der Waals surface area contributed by atoms with Gasteiger partial charge in [0.1, 0.15) is 5.56 Å². The molecule has 0 atom stereocenters. The van der Waals surface area contributed by atoms with Gasteiger partial charge in [0.15, 0.2) is 0 Å². The number of nitro benzene ring substituents is 1. The molecular formula is C7H3ClINO3. The smallest absolute Gasteiger partial charge is 0.275 e. The number of carbonyl (C=O) groups is 1. The van der Waals surface area contributed by atoms with Crippen LogP contribution in [0.15, 0.2) is 18.2 Å². The summed E-state index contributed by atoms with van der Waals surface area (Å²) < 4.78 is 0.479. The highest BCUT2D eigenvalue weighted by atomic mass is 127. The van der Waals surface area contributed by atoms with Crippen LogP contribution in [0.3, 0.4) is 0 Å². The van der Waals surface area contributed by atoms with Crippen molar-refractivity contribution in [3.8, 4) is 0 Å². The predicted molar refractivity (Wildman–Crippen MR) is 56.0 cm³/mol. The Kier molecular flexibility index (Phi) is 3.21. The molecule has 13 heavy (non-hydrogen) atoms. The average molecular weight is 311 g/mol. The minimum absolute atomic E-state index is 0.0465. The summed E-state index contributed by atoms with van der Waals surface area (Å²) in [5.74, 6) is 0. The zero-order valence-electron chi connectivity index (χ0n) is 6.16. The molecular weight excluding hydrogens is 308 g/mol. The van der Waals surface area contributed by atoms with Crippen molar-refractivity contribution < 1.29 is 9.72 Å². The van der Waals surface area contributed by atoms with Crippen LogP contribution in [0.4, 0.5) is 5.69 Å². The Labute approximate surface area is 92.2 Å². The van der Waals surface area contributed by atoms with Gasteiger partial charge < -0.3 is 0 Å². The van der Waals surface area contributed by atoms with E-state index in [1.165, 1.54) is 12.1 Å². The first kappa shape index (κ1) is 10.4. The number of nitrogens with zero attached hydrogens (tertiary/aromatic N) is 1. The molecule has 0 heterocycles. The number of benzene rings is 1. The maximum atomic E-state index is 10.8. The summed E-state index contributed by atoms with van der Waals surface area (Å²) in [6, 6.07) is 4.34. The van der Waals surface area contributed by atoms with Gasteiger partial charge in [-0.2, -0.15) is 0 Å². The summed E-state index contributed by atoms with van der Waals surface area (Å²) >= 11 is 7.03. The lowest BCUT2D eigenvalue weighted by Crippen LogP contribution is -2.00. The van der Waals surface area contributed by atoms with Crippen molar-refractivity contribution in [1.82, 2.24) is 0 Å². The van der Waals surface area contributed by atoms with Gasteiger partial charge in [-0.1, -0.05) is 6.07 Å². The van der Waals surface area contributed by atoms with Gasteiger partial charge in [-0.25, -0.2) is 0 Å². The van der Waals surface area contributed by atoms with Crippen LogP contribution >= 0.6 is 34.2 Å². The summed E-state index contributed by atoms with van der Waals surface area (Å²) in [6.07, 6.45) is 0. The van der Waals surface area contributed by atoms with Crippen molar-refractivity contribution in [2.24, 2.45) is 0 Å². The Bertz CT molecular complexity index is 380. The fraction of sp³-hybridized carbons (Fsp3) is 0. The number of halogens is 2. The zero-order chi connectivity index (χ0) is 10.0. The summed E-state index contributed by atoms with van der Waals surface area (Å²) in [5, 5.41) is 9.66. The third-order valence-corrected chi connectivity index (χ3v) is 2.47. The van der Waals surface area contributed by atoms with Gasteiger partial charge in [0.2, 0.25) is 0 Å². The van der Waals surface area contributed by atoms with E-state index in [1.807, 2.05) is 22.6 Å². The molecule has 1 aromatic carbocycles. The third-order valence-electron chi connectivity index (χ3n) is 1.38. The highest BCUT2D eigenvalue weighted by Crippen LogP contribution is 2.24. The highest BCUT2D eigenvalue weighted by Gasteiger charge is 2.20. The van der Waals surface area contributed by atoms with Gasteiger partial charge in [-0.15, -0.1) is 0 Å². The Morgan fingerprint density at radius 3 is 2.54 bits per heavy atom. The lowest BCUT2D eigenvalue weighted by Gasteiger charge is -1.98. The van der Waals surface area contributed by atoms with Crippen molar-refractivity contribution >= 4 is 45.1 Å². The molecule has 6 heteroatoms. The monoisotopic (exact) mass is 311 g/mol. The first-order valence-corrected chi connectivity index (χ1v) is 4.62. The second kappa shape index (κ2) is 4.01. The fourth-order valence-electron chi connectivity index (χ4n) is 0.859. The molecule has 0 aliphatic heterocycles. The van der Waals surface area contributed by atoms with Crippen molar-refractivity contribution in [2.75, 3.05) is 0 Å². The van der Waals surface area contributed by atoms with Crippen LogP contribution in [0.5, 0.6) is 0 Å². The van der Waals surface area contributed by atoms with Gasteiger partial charge in [0.05, 0.1) is 4.92 Å². The minimum atomic E-state index is -0.809. The first-order chi connectivity index (χ1) is 6.04. The Morgan fingerprint density at radius 1 is 1.54 bits per heavy atom. The SMILES string of the molecule is O=C(Cl)c1c(I)cccc1[N+](=O)[O-]. The second-order valence-electron chi connectivity index (χ2n) is 2.16. The van der Waals surface area contributed by atoms with Crippen LogP contribution in [-0.2, 0) is 0 Å². The van der Waals surface area contributed by atoms with Crippen LogP contribution in [0.25, 0.3) is 0 Å². The van der Waals surface area contributed by atoms with E-state index in [4.69, 9.17) is 11.6 Å². The van der Waals surface area contributed by atoms with Crippen LogP contribution in [0, 0.1) is 13.7 Å². The fourth-order valence-corrected chi connectivity index (χ4v) is 1.95. The number of hydrogen-bond acceptors (Lipinski definition) is 3. The maximum Gasteiger partial charge on any atom is 0.282 e. The molecule has 0 aliphatic carbocycles. The van der Waals surface area contributed by atoms with E-state index in [1.54, 1.807) is 6.07 Å². The maximum absolute atomic E-state index is 10.8. The van der Waals surface area contributed by atoms with Crippen molar-refractivity contribution in [3.05, 3.63) is 37.4 Å². The standard InChI is InChI=1S/C7H3ClINO3/c8-7(11)6-4(9)2-1-3-5(6)10(12)13/h1-3H. The van der Waals surface area contributed by atoms with Crippen molar-refractivity contribution in [3.63, 3.8) is 0 Å². The van der Waals surface area contributed by atoms with E-state index < -0.39 is 10.2 Å². The van der Waals surface area contributed by atoms with Crippen LogP contribution in [0.1, 0.15) is 10.4 Å². The van der Waals surface area contributed by atoms with Gasteiger partial charge in [-0.3, -0.25) is 14.9 Å². The first-order valence-electron chi connectivity index (χ1n) is 3.16. The Balaban J connectivity index is 3.43. The third kappa shape index (κ3) is 2.16. The molecule has 0 aliphatic rings. The van der Waals surface area contributed by atoms with E-state index in [0.717, 1.165) is 0 Å². The molecule has 0 fully saturated rings. The molecule has 0 radical (unpaired) electrons. The Morgan fingerprint density at radius 2 is 2.15 bits per heavy atom. The Hall–Kier alpha value is -0.690. The molecule has 1 rings (SSSR count). The molecule has 4 nitrogen and oxygen atoms in total. The summed E-state index contributed by atoms with van der Waals surface area (Å²) in [5.41, 5.74) is -0.304. The van der Waals surface area contributed by atoms with Gasteiger partial charge in [0, 0.05) is 9.64 Å². The lowest BCUT2D eigenvalue weighted by molar-refractivity contribution is -0.385. The number of hydrogen-bond donors (Lipinski definition) is 0. The molecule has 0 N–H and O–H groups in total. The topological polar surface area (TPSA) is 60.2 Å². The van der Waals surface area contributed by atoms with Crippen LogP contribution in [-0.4, -0.2) is 10.2 Å². The molecule has 68 valence electrons. The van der Waals surface area contributed by atoms with E-state index in [-0.39, 0.29) is 11.3 Å². The minimum Gasteiger partial charge on any atom is -0.275 e. The summed E-state index contributed by atoms with van der Waals surface area (Å²) in [7, 11) is 0. The molecule has 0 unspecified atom stereocenters. The van der Waals surface area contributed by atoms with E-state index >= 15 is 0 Å². The van der Waals surface area contributed by atoms with Crippen molar-refractivity contribution in [1.29, 1.82) is 0 Å². The summed E-state index contributed by atoms with van der Waals surface area (Å²) in [4.78, 5) is 20.7. The predicted octanol–water partition coefficient (Wildman–Crippen LogP) is 2.58. The molecule has 0 saturated heterocycles. The van der Waals surface area contributed by atoms with Gasteiger partial charge >= 0.3 is 0 Å². The van der Waals surface area contributed by atoms with E-state index in [2.05, 4.69) is 0 Å². The van der Waals surface area contributed by atoms with Crippen molar-refractivity contribution in [2.45, 2.75) is 0 Å². The molecule has 0 spiro atoms. The number of rotatable bonds is 2. The molecule has 0 saturated carbocycles. The molecule has 0 aromatic heterocycles. The van der Waals surface area contributed by atoms with Gasteiger partial charge in [-0.05, 0) is 40.3 Å². The van der Waals surface area contributed by atoms with Crippen LogP contribution < -0.4 is 0 Å². The molecule has 1 aromatic rings. The van der Waals surface area contributed by atoms with Gasteiger partial charge in [0.25, 0.3) is 10.9 Å². The number of nitro groups is 1. The number of carbonyl (C=O) groups excluding carboxylic acids is 1. The second-order valence-corrected chi connectivity index (χ2v) is 3.67.